The summed E-state index contributed by atoms with van der Waals surface area (Å²) in [6, 6.07) is 20.6. The lowest BCUT2D eigenvalue weighted by Crippen LogP contribution is -2.16. The second-order valence-electron chi connectivity index (χ2n) is 7.53. The van der Waals surface area contributed by atoms with E-state index in [4.69, 9.17) is 32.9 Å². The van der Waals surface area contributed by atoms with Crippen molar-refractivity contribution in [2.45, 2.75) is 6.42 Å². The average molecular weight is 464 g/mol. The Morgan fingerprint density at radius 2 is 1.78 bits per heavy atom. The van der Waals surface area contributed by atoms with Crippen molar-refractivity contribution in [3.8, 4) is 5.75 Å². The fourth-order valence-corrected chi connectivity index (χ4v) is 4.40. The van der Waals surface area contributed by atoms with E-state index in [1.54, 1.807) is 37.4 Å². The molecule has 7 heteroatoms. The maximum Gasteiger partial charge on any atom is 0.255 e. The molecule has 0 bridgehead atoms. The monoisotopic (exact) mass is 463 g/mol. The van der Waals surface area contributed by atoms with E-state index in [9.17, 15) is 4.79 Å². The van der Waals surface area contributed by atoms with E-state index >= 15 is 0 Å². The number of carbonyl (C=O) groups excluding carboxylic acids is 1. The number of ether oxygens (including phenoxy) is 1. The number of nitrogens with zero attached hydrogens (tertiary/aromatic N) is 2. The molecule has 5 rings (SSSR count). The molecule has 2 heterocycles. The van der Waals surface area contributed by atoms with E-state index in [0.29, 0.717) is 21.3 Å². The average Bonchev–Trinajstić information content (AvgIpc) is 3.22. The summed E-state index contributed by atoms with van der Waals surface area (Å²) in [4.78, 5) is 19.7. The SMILES string of the molecule is COc1ccc2cc3c(nc2c1)N(c1ccc(C(=O)Nc2c(Cl)cccc2Cl)cc1)CC3. The van der Waals surface area contributed by atoms with Gasteiger partial charge in [0.2, 0.25) is 0 Å². The van der Waals surface area contributed by atoms with Crippen molar-refractivity contribution >= 4 is 57.2 Å². The number of benzene rings is 3. The number of nitrogens with one attached hydrogen (secondary N) is 1. The topological polar surface area (TPSA) is 54.5 Å². The van der Waals surface area contributed by atoms with Gasteiger partial charge < -0.3 is 15.0 Å². The summed E-state index contributed by atoms with van der Waals surface area (Å²) in [5, 5.41) is 4.67. The van der Waals surface area contributed by atoms with Crippen molar-refractivity contribution in [1.29, 1.82) is 0 Å². The molecule has 0 spiro atoms. The molecule has 4 aromatic rings. The number of halogens is 2. The van der Waals surface area contributed by atoms with Gasteiger partial charge in [-0.1, -0.05) is 29.3 Å². The van der Waals surface area contributed by atoms with Crippen LogP contribution in [0.5, 0.6) is 5.75 Å². The molecule has 160 valence electrons. The van der Waals surface area contributed by atoms with Gasteiger partial charge in [0.15, 0.2) is 0 Å². The van der Waals surface area contributed by atoms with Crippen molar-refractivity contribution in [1.82, 2.24) is 4.98 Å². The first kappa shape index (κ1) is 20.6. The molecule has 1 amide bonds. The van der Waals surface area contributed by atoms with Crippen molar-refractivity contribution in [2.75, 3.05) is 23.9 Å². The standard InChI is InChI=1S/C25H19Cl2N3O2/c1-32-19-10-7-16-13-17-11-12-30(24(17)28-22(16)14-19)18-8-5-15(6-9-18)25(31)29-23-20(26)3-2-4-21(23)27/h2-10,13-14H,11-12H2,1H3,(H,29,31). The highest BCUT2D eigenvalue weighted by molar-refractivity contribution is 6.40. The fraction of sp³-hybridized carbons (Fsp3) is 0.120. The normalized spacial score (nSPS) is 12.7. The van der Waals surface area contributed by atoms with Gasteiger partial charge in [-0.05, 0) is 66.6 Å². The molecular weight excluding hydrogens is 445 g/mol. The zero-order chi connectivity index (χ0) is 22.2. The largest absolute Gasteiger partial charge is 0.497 e. The molecule has 0 saturated heterocycles. The molecule has 1 aliphatic rings. The highest BCUT2D eigenvalue weighted by atomic mass is 35.5. The Labute approximate surface area is 195 Å². The van der Waals surface area contributed by atoms with Gasteiger partial charge in [-0.3, -0.25) is 4.79 Å². The predicted molar refractivity (Wildman–Crippen MR) is 130 cm³/mol. The zero-order valence-electron chi connectivity index (χ0n) is 17.2. The quantitative estimate of drug-likeness (QED) is 0.375. The highest BCUT2D eigenvalue weighted by Gasteiger charge is 2.23. The van der Waals surface area contributed by atoms with Gasteiger partial charge in [-0.2, -0.15) is 0 Å². The number of hydrogen-bond donors (Lipinski definition) is 1. The molecule has 3 aromatic carbocycles. The number of amides is 1. The van der Waals surface area contributed by atoms with E-state index in [0.717, 1.165) is 41.1 Å². The second-order valence-corrected chi connectivity index (χ2v) is 8.34. The van der Waals surface area contributed by atoms with Gasteiger partial charge in [0.25, 0.3) is 5.91 Å². The third kappa shape index (κ3) is 3.74. The summed E-state index contributed by atoms with van der Waals surface area (Å²) in [6.45, 7) is 0.830. The number of para-hydroxylation sites is 1. The van der Waals surface area contributed by atoms with E-state index in [1.807, 2.05) is 30.3 Å². The Morgan fingerprint density at radius 3 is 2.50 bits per heavy atom. The Bertz CT molecular complexity index is 1320. The minimum absolute atomic E-state index is 0.274. The van der Waals surface area contributed by atoms with E-state index < -0.39 is 0 Å². The highest BCUT2D eigenvalue weighted by Crippen LogP contribution is 2.36. The van der Waals surface area contributed by atoms with Crippen LogP contribution in [0, 0.1) is 0 Å². The van der Waals surface area contributed by atoms with Gasteiger partial charge in [-0.25, -0.2) is 4.98 Å². The first-order chi connectivity index (χ1) is 15.5. The van der Waals surface area contributed by atoms with Crippen LogP contribution in [-0.2, 0) is 6.42 Å². The van der Waals surface area contributed by atoms with Crippen LogP contribution in [0.3, 0.4) is 0 Å². The molecule has 0 fully saturated rings. The van der Waals surface area contributed by atoms with Crippen LogP contribution in [0.4, 0.5) is 17.2 Å². The van der Waals surface area contributed by atoms with Crippen LogP contribution in [0.1, 0.15) is 15.9 Å². The smallest absolute Gasteiger partial charge is 0.255 e. The van der Waals surface area contributed by atoms with Crippen LogP contribution in [0.25, 0.3) is 10.9 Å². The number of rotatable bonds is 4. The van der Waals surface area contributed by atoms with Crippen LogP contribution in [-0.4, -0.2) is 24.5 Å². The Balaban J connectivity index is 1.40. The maximum atomic E-state index is 12.7. The first-order valence-electron chi connectivity index (χ1n) is 10.1. The lowest BCUT2D eigenvalue weighted by atomic mass is 10.1. The van der Waals surface area contributed by atoms with Gasteiger partial charge in [0, 0.05) is 29.2 Å². The molecule has 0 radical (unpaired) electrons. The molecule has 0 atom stereocenters. The molecular formula is C25H19Cl2N3O2. The number of carbonyl (C=O) groups is 1. The number of aromatic nitrogens is 1. The van der Waals surface area contributed by atoms with Gasteiger partial charge in [0.1, 0.15) is 11.6 Å². The number of anilines is 3. The Morgan fingerprint density at radius 1 is 1.03 bits per heavy atom. The zero-order valence-corrected chi connectivity index (χ0v) is 18.7. The lowest BCUT2D eigenvalue weighted by molar-refractivity contribution is 0.102. The van der Waals surface area contributed by atoms with Crippen molar-refractivity contribution in [2.24, 2.45) is 0 Å². The Hall–Kier alpha value is -3.28. The molecule has 1 N–H and O–H groups in total. The van der Waals surface area contributed by atoms with Crippen molar-refractivity contribution < 1.29 is 9.53 Å². The summed E-state index contributed by atoms with van der Waals surface area (Å²) in [6.07, 6.45) is 0.914. The number of methoxy groups -OCH3 is 1. The van der Waals surface area contributed by atoms with Gasteiger partial charge >= 0.3 is 0 Å². The number of fused-ring (bicyclic) bond motifs is 2. The number of hydrogen-bond acceptors (Lipinski definition) is 4. The van der Waals surface area contributed by atoms with E-state index in [1.165, 1.54) is 5.56 Å². The van der Waals surface area contributed by atoms with E-state index in [-0.39, 0.29) is 5.91 Å². The fourth-order valence-electron chi connectivity index (χ4n) is 3.91. The van der Waals surface area contributed by atoms with Crippen LogP contribution >= 0.6 is 23.2 Å². The second kappa shape index (κ2) is 8.34. The third-order valence-electron chi connectivity index (χ3n) is 5.58. The molecule has 0 saturated carbocycles. The van der Waals surface area contributed by atoms with Crippen LogP contribution in [0.15, 0.2) is 66.7 Å². The van der Waals surface area contributed by atoms with Crippen LogP contribution in [0.2, 0.25) is 10.0 Å². The summed E-state index contributed by atoms with van der Waals surface area (Å²) in [5.74, 6) is 1.44. The van der Waals surface area contributed by atoms with Crippen molar-refractivity contribution in [3.63, 3.8) is 0 Å². The molecule has 32 heavy (non-hydrogen) atoms. The third-order valence-corrected chi connectivity index (χ3v) is 6.21. The summed E-state index contributed by atoms with van der Waals surface area (Å²) >= 11 is 12.3. The first-order valence-corrected chi connectivity index (χ1v) is 10.9. The molecule has 5 nitrogen and oxygen atoms in total. The number of pyridine rings is 1. The summed E-state index contributed by atoms with van der Waals surface area (Å²) in [7, 11) is 1.65. The molecule has 0 aliphatic carbocycles. The minimum atomic E-state index is -0.274. The maximum absolute atomic E-state index is 12.7. The Kier molecular flexibility index (Phi) is 5.37. The lowest BCUT2D eigenvalue weighted by Gasteiger charge is -2.19. The van der Waals surface area contributed by atoms with Crippen molar-refractivity contribution in [3.05, 3.63) is 87.9 Å². The summed E-state index contributed by atoms with van der Waals surface area (Å²) in [5.41, 5.74) is 4.00. The van der Waals surface area contributed by atoms with Gasteiger partial charge in [0.05, 0.1) is 28.4 Å². The van der Waals surface area contributed by atoms with E-state index in [2.05, 4.69) is 16.3 Å². The predicted octanol–water partition coefficient (Wildman–Crippen LogP) is 6.50. The molecule has 1 aromatic heterocycles. The van der Waals surface area contributed by atoms with Crippen LogP contribution < -0.4 is 15.0 Å². The molecule has 1 aliphatic heterocycles. The minimum Gasteiger partial charge on any atom is -0.497 e. The molecule has 0 unspecified atom stereocenters. The van der Waals surface area contributed by atoms with Gasteiger partial charge in [-0.15, -0.1) is 0 Å². The summed E-state index contributed by atoms with van der Waals surface area (Å²) < 4.78 is 5.34.